The van der Waals surface area contributed by atoms with Gasteiger partial charge in [0.25, 0.3) is 0 Å². The monoisotopic (exact) mass is 116 g/mol. The van der Waals surface area contributed by atoms with E-state index in [0.29, 0.717) is 0 Å². The molecule has 0 aliphatic heterocycles. The second-order valence-corrected chi connectivity index (χ2v) is 0.921. The van der Waals surface area contributed by atoms with Crippen molar-refractivity contribution in [1.82, 2.24) is 0 Å². The Labute approximate surface area is 76.0 Å². The molecule has 0 saturated heterocycles. The average Bonchev–Trinajstić information content (AvgIpc) is 1.27. The van der Waals surface area contributed by atoms with Gasteiger partial charge in [-0.3, -0.25) is 0 Å². The summed E-state index contributed by atoms with van der Waals surface area (Å²) < 4.78 is 0. The normalized spacial score (nSPS) is 6.22. The van der Waals surface area contributed by atoms with Gasteiger partial charge in [-0.2, -0.15) is 0 Å². The Bertz CT molecular complexity index is 90.0. The van der Waals surface area contributed by atoms with Crippen LogP contribution in [0.1, 0.15) is 6.42 Å². The van der Waals surface area contributed by atoms with Crippen LogP contribution < -0.4 is 47.9 Å². The average molecular weight is 116 g/mol. The summed E-state index contributed by atoms with van der Waals surface area (Å²) in [5, 5.41) is 18.6. The van der Waals surface area contributed by atoms with Crippen molar-refractivity contribution < 1.29 is 57.5 Å². The van der Waals surface area contributed by atoms with Gasteiger partial charge in [0.05, 0.1) is 0 Å². The summed E-state index contributed by atoms with van der Waals surface area (Å²) in [6.07, 6.45) is -1.03. The maximum Gasteiger partial charge on any atom is 1.00 e. The van der Waals surface area contributed by atoms with Gasteiger partial charge in [0.2, 0.25) is 0 Å². The maximum absolute atomic E-state index is 9.28. The summed E-state index contributed by atoms with van der Waals surface area (Å²) in [5.41, 5.74) is 0. The predicted molar refractivity (Wildman–Crippen MR) is 14.6 cm³/mol. The SMILES string of the molecule is O=C([O-])CC(=O)[O-].[Li+].[Li+]. The number of hydrogen-bond donors (Lipinski definition) is 0. The number of hydrogen-bond acceptors (Lipinski definition) is 4. The largest absolute Gasteiger partial charge is 1.00 e. The number of carbonyl (C=O) groups is 2. The minimum Gasteiger partial charge on any atom is -0.550 e. The van der Waals surface area contributed by atoms with E-state index in [9.17, 15) is 19.8 Å². The van der Waals surface area contributed by atoms with Crippen LogP contribution in [-0.4, -0.2) is 11.9 Å². The maximum atomic E-state index is 9.28. The summed E-state index contributed by atoms with van der Waals surface area (Å²) in [4.78, 5) is 18.6. The van der Waals surface area contributed by atoms with Gasteiger partial charge in [-0.15, -0.1) is 0 Å². The molecule has 0 aromatic heterocycles. The summed E-state index contributed by atoms with van der Waals surface area (Å²) in [5.74, 6) is -3.25. The number of aliphatic carboxylic acids is 2. The van der Waals surface area contributed by atoms with E-state index in [4.69, 9.17) is 0 Å². The molecule has 4 nitrogen and oxygen atoms in total. The third kappa shape index (κ3) is 17.9. The van der Waals surface area contributed by atoms with Gasteiger partial charge < -0.3 is 19.8 Å². The first kappa shape index (κ1) is 16.1. The number of carbonyl (C=O) groups excluding carboxylic acids is 2. The molecule has 0 unspecified atom stereocenters. The molecule has 0 spiro atoms. The Kier molecular flexibility index (Phi) is 14.5. The molecule has 0 heterocycles. The predicted octanol–water partition coefficient (Wildman–Crippen LogP) is -9.12. The van der Waals surface area contributed by atoms with Gasteiger partial charge in [0.1, 0.15) is 0 Å². The zero-order valence-electron chi connectivity index (χ0n) is 5.34. The van der Waals surface area contributed by atoms with E-state index in [2.05, 4.69) is 0 Å². The van der Waals surface area contributed by atoms with Gasteiger partial charge in [0, 0.05) is 18.4 Å². The fourth-order valence-corrected chi connectivity index (χ4v) is 0.118. The van der Waals surface area contributed by atoms with Crippen molar-refractivity contribution >= 4 is 11.9 Å². The van der Waals surface area contributed by atoms with Crippen LogP contribution in [0.5, 0.6) is 0 Å². The zero-order valence-corrected chi connectivity index (χ0v) is 5.34. The Balaban J connectivity index is -0.000000180. The Morgan fingerprint density at radius 1 is 1.00 bits per heavy atom. The molecule has 0 bridgehead atoms. The zero-order chi connectivity index (χ0) is 5.86. The summed E-state index contributed by atoms with van der Waals surface area (Å²) in [6, 6.07) is 0. The molecule has 0 radical (unpaired) electrons. The van der Waals surface area contributed by atoms with Crippen LogP contribution in [0.15, 0.2) is 0 Å². The molecule has 6 heteroatoms. The first-order chi connectivity index (χ1) is 3.13. The first-order valence-electron chi connectivity index (χ1n) is 1.52. The summed E-state index contributed by atoms with van der Waals surface area (Å²) in [7, 11) is 0. The standard InChI is InChI=1S/C3H4O4.2Li/c4-2(5)1-3(6)7;;/h1H2,(H,4,5)(H,6,7);;/q;2*+1/p-2. The molecule has 0 atom stereocenters. The number of carboxylic acid groups (broad SMARTS) is 2. The molecule has 9 heavy (non-hydrogen) atoms. The molecular formula is C3H2Li2O4. The van der Waals surface area contributed by atoms with Crippen molar-refractivity contribution in [1.29, 1.82) is 0 Å². The molecule has 0 aliphatic rings. The van der Waals surface area contributed by atoms with Crippen LogP contribution in [-0.2, 0) is 9.59 Å². The van der Waals surface area contributed by atoms with E-state index >= 15 is 0 Å². The molecule has 0 aliphatic carbocycles. The molecule has 0 saturated carbocycles. The topological polar surface area (TPSA) is 80.3 Å². The number of rotatable bonds is 2. The molecule has 0 aromatic rings. The minimum absolute atomic E-state index is 0. The second-order valence-electron chi connectivity index (χ2n) is 0.921. The van der Waals surface area contributed by atoms with E-state index in [-0.39, 0.29) is 37.7 Å². The van der Waals surface area contributed by atoms with E-state index in [1.165, 1.54) is 0 Å². The van der Waals surface area contributed by atoms with E-state index in [1.807, 2.05) is 0 Å². The van der Waals surface area contributed by atoms with Crippen LogP contribution in [0.3, 0.4) is 0 Å². The van der Waals surface area contributed by atoms with Gasteiger partial charge >= 0.3 is 37.7 Å². The fourth-order valence-electron chi connectivity index (χ4n) is 0.118. The first-order valence-corrected chi connectivity index (χ1v) is 1.52. The van der Waals surface area contributed by atoms with E-state index in [0.717, 1.165) is 0 Å². The van der Waals surface area contributed by atoms with Crippen molar-refractivity contribution in [3.8, 4) is 0 Å². The van der Waals surface area contributed by atoms with Crippen molar-refractivity contribution in [2.45, 2.75) is 6.42 Å². The van der Waals surface area contributed by atoms with Crippen molar-refractivity contribution in [2.24, 2.45) is 0 Å². The molecule has 0 amide bonds. The Hall–Kier alpha value is 0.135. The van der Waals surface area contributed by atoms with Gasteiger partial charge in [-0.1, -0.05) is 0 Å². The molecule has 0 fully saturated rings. The number of carboxylic acids is 2. The Morgan fingerprint density at radius 2 is 1.22 bits per heavy atom. The molecule has 0 aromatic carbocycles. The van der Waals surface area contributed by atoms with Crippen molar-refractivity contribution in [3.05, 3.63) is 0 Å². The van der Waals surface area contributed by atoms with Gasteiger partial charge in [-0.25, -0.2) is 0 Å². The second kappa shape index (κ2) is 8.13. The van der Waals surface area contributed by atoms with Gasteiger partial charge in [-0.05, 0) is 0 Å². The third-order valence-electron chi connectivity index (χ3n) is 0.289. The van der Waals surface area contributed by atoms with Crippen molar-refractivity contribution in [3.63, 3.8) is 0 Å². The minimum atomic E-state index is -1.63. The molecular weight excluding hydrogens is 114 g/mol. The van der Waals surface area contributed by atoms with Crippen molar-refractivity contribution in [2.75, 3.05) is 0 Å². The summed E-state index contributed by atoms with van der Waals surface area (Å²) in [6.45, 7) is 0. The van der Waals surface area contributed by atoms with Crippen LogP contribution in [0.25, 0.3) is 0 Å². The third-order valence-corrected chi connectivity index (χ3v) is 0.289. The van der Waals surface area contributed by atoms with E-state index in [1.54, 1.807) is 0 Å². The van der Waals surface area contributed by atoms with Gasteiger partial charge in [0.15, 0.2) is 0 Å². The Morgan fingerprint density at radius 3 is 1.22 bits per heavy atom. The van der Waals surface area contributed by atoms with Crippen LogP contribution in [0.4, 0.5) is 0 Å². The fraction of sp³-hybridized carbons (Fsp3) is 0.333. The molecule has 0 rings (SSSR count). The van der Waals surface area contributed by atoms with Crippen LogP contribution in [0.2, 0.25) is 0 Å². The molecule has 40 valence electrons. The van der Waals surface area contributed by atoms with E-state index < -0.39 is 18.4 Å². The summed E-state index contributed by atoms with van der Waals surface area (Å²) >= 11 is 0. The van der Waals surface area contributed by atoms with Crippen LogP contribution >= 0.6 is 0 Å². The quantitative estimate of drug-likeness (QED) is 0.265. The smallest absolute Gasteiger partial charge is 0.550 e. The molecule has 0 N–H and O–H groups in total. The van der Waals surface area contributed by atoms with Crippen LogP contribution in [0, 0.1) is 0 Å².